The van der Waals surface area contributed by atoms with Crippen LogP contribution in [0.2, 0.25) is 0 Å². The van der Waals surface area contributed by atoms with E-state index in [9.17, 15) is 10.1 Å². The fourth-order valence-corrected chi connectivity index (χ4v) is 2.76. The van der Waals surface area contributed by atoms with Gasteiger partial charge in [-0.3, -0.25) is 10.1 Å². The molecule has 2 rings (SSSR count). The van der Waals surface area contributed by atoms with Crippen molar-refractivity contribution >= 4 is 43.2 Å². The Morgan fingerprint density at radius 1 is 1.24 bits per heavy atom. The minimum atomic E-state index is -0.406. The van der Waals surface area contributed by atoms with E-state index < -0.39 is 4.92 Å². The van der Waals surface area contributed by atoms with Gasteiger partial charge in [0.05, 0.1) is 16.5 Å². The monoisotopic (exact) mass is 414 g/mol. The summed E-state index contributed by atoms with van der Waals surface area (Å²) in [6.45, 7) is 0.477. The number of methoxy groups -OCH3 is 1. The number of nitro benzene ring substituents is 1. The van der Waals surface area contributed by atoms with Crippen molar-refractivity contribution in [3.05, 3.63) is 61.0 Å². The molecule has 0 bridgehead atoms. The van der Waals surface area contributed by atoms with Crippen molar-refractivity contribution in [2.24, 2.45) is 0 Å². The molecule has 0 fully saturated rings. The number of nitro groups is 1. The fourth-order valence-electron chi connectivity index (χ4n) is 1.82. The minimum absolute atomic E-state index is 0.0388. The number of rotatable bonds is 5. The zero-order valence-corrected chi connectivity index (χ0v) is 14.3. The Bertz CT molecular complexity index is 677. The van der Waals surface area contributed by atoms with Crippen LogP contribution in [0.5, 0.6) is 5.75 Å². The van der Waals surface area contributed by atoms with Crippen LogP contribution in [-0.2, 0) is 6.54 Å². The Kier molecular flexibility index (Phi) is 5.19. The Balaban J connectivity index is 2.16. The number of ether oxygens (including phenoxy) is 1. The molecule has 0 atom stereocenters. The summed E-state index contributed by atoms with van der Waals surface area (Å²) in [6, 6.07) is 10.6. The average molecular weight is 416 g/mol. The van der Waals surface area contributed by atoms with Gasteiger partial charge < -0.3 is 10.1 Å². The van der Waals surface area contributed by atoms with E-state index in [0.29, 0.717) is 16.7 Å². The van der Waals surface area contributed by atoms with E-state index in [-0.39, 0.29) is 5.69 Å². The molecular weight excluding hydrogens is 404 g/mol. The predicted octanol–water partition coefficient (Wildman–Crippen LogP) is 4.74. The van der Waals surface area contributed by atoms with Crippen LogP contribution in [0.15, 0.2) is 45.3 Å². The molecule has 0 spiro atoms. The molecule has 0 heterocycles. The summed E-state index contributed by atoms with van der Waals surface area (Å²) in [5, 5.41) is 14.1. The van der Waals surface area contributed by atoms with E-state index in [1.54, 1.807) is 19.2 Å². The summed E-state index contributed by atoms with van der Waals surface area (Å²) in [5.41, 5.74) is 1.51. The maximum absolute atomic E-state index is 11.0. The topological polar surface area (TPSA) is 64.4 Å². The minimum Gasteiger partial charge on any atom is -0.496 e. The molecule has 0 aliphatic heterocycles. The van der Waals surface area contributed by atoms with Crippen molar-refractivity contribution in [1.82, 2.24) is 0 Å². The largest absolute Gasteiger partial charge is 0.496 e. The Hall–Kier alpha value is -1.60. The van der Waals surface area contributed by atoms with Gasteiger partial charge in [-0.15, -0.1) is 0 Å². The zero-order chi connectivity index (χ0) is 15.4. The zero-order valence-electron chi connectivity index (χ0n) is 11.1. The highest BCUT2D eigenvalue weighted by Crippen LogP contribution is 2.29. The van der Waals surface area contributed by atoms with Crippen molar-refractivity contribution < 1.29 is 9.66 Å². The summed E-state index contributed by atoms with van der Waals surface area (Å²) < 4.78 is 6.68. The van der Waals surface area contributed by atoms with Crippen LogP contribution < -0.4 is 10.1 Å². The van der Waals surface area contributed by atoms with Gasteiger partial charge in [0.1, 0.15) is 11.4 Å². The van der Waals surface area contributed by atoms with Crippen molar-refractivity contribution in [2.75, 3.05) is 12.4 Å². The molecule has 0 aliphatic rings. The predicted molar refractivity (Wildman–Crippen MR) is 88.8 cm³/mol. The van der Waals surface area contributed by atoms with Crippen molar-refractivity contribution in [1.29, 1.82) is 0 Å². The van der Waals surface area contributed by atoms with Crippen LogP contribution in [-0.4, -0.2) is 12.0 Å². The Labute approximate surface area is 138 Å². The van der Waals surface area contributed by atoms with Crippen LogP contribution in [0.25, 0.3) is 0 Å². The Morgan fingerprint density at radius 2 is 2.00 bits per heavy atom. The SMILES string of the molecule is COc1ccc(CNc2ccc(Br)cc2[N+](=O)[O-])cc1Br. The summed E-state index contributed by atoms with van der Waals surface area (Å²) >= 11 is 6.65. The van der Waals surface area contributed by atoms with Crippen molar-refractivity contribution in [3.8, 4) is 5.75 Å². The van der Waals surface area contributed by atoms with Gasteiger partial charge in [-0.25, -0.2) is 0 Å². The second kappa shape index (κ2) is 6.91. The summed E-state index contributed by atoms with van der Waals surface area (Å²) in [4.78, 5) is 10.6. The van der Waals surface area contributed by atoms with Gasteiger partial charge in [0.2, 0.25) is 0 Å². The van der Waals surface area contributed by atoms with Gasteiger partial charge in [0.15, 0.2) is 0 Å². The van der Waals surface area contributed by atoms with Crippen LogP contribution >= 0.6 is 31.9 Å². The number of anilines is 1. The van der Waals surface area contributed by atoms with E-state index >= 15 is 0 Å². The maximum Gasteiger partial charge on any atom is 0.293 e. The number of hydrogen-bond donors (Lipinski definition) is 1. The highest BCUT2D eigenvalue weighted by molar-refractivity contribution is 9.10. The molecule has 7 heteroatoms. The maximum atomic E-state index is 11.0. The number of hydrogen-bond acceptors (Lipinski definition) is 4. The van der Waals surface area contributed by atoms with E-state index in [4.69, 9.17) is 4.74 Å². The third kappa shape index (κ3) is 3.95. The van der Waals surface area contributed by atoms with Crippen LogP contribution in [0, 0.1) is 10.1 Å². The van der Waals surface area contributed by atoms with E-state index in [1.807, 2.05) is 18.2 Å². The highest BCUT2D eigenvalue weighted by atomic mass is 79.9. The molecule has 2 aromatic rings. The second-order valence-corrected chi connectivity index (χ2v) is 6.01. The van der Waals surface area contributed by atoms with E-state index in [1.165, 1.54) is 6.07 Å². The van der Waals surface area contributed by atoms with Gasteiger partial charge >= 0.3 is 0 Å². The molecular formula is C14H12Br2N2O3. The second-order valence-electron chi connectivity index (χ2n) is 4.24. The van der Waals surface area contributed by atoms with Gasteiger partial charge in [0, 0.05) is 17.1 Å². The number of nitrogens with zero attached hydrogens (tertiary/aromatic N) is 1. The third-order valence-electron chi connectivity index (χ3n) is 2.86. The summed E-state index contributed by atoms with van der Waals surface area (Å²) in [7, 11) is 1.60. The molecule has 0 aliphatic carbocycles. The van der Waals surface area contributed by atoms with Gasteiger partial charge in [0.25, 0.3) is 5.69 Å². The molecule has 0 saturated carbocycles. The number of nitrogens with one attached hydrogen (secondary N) is 1. The molecule has 0 amide bonds. The highest BCUT2D eigenvalue weighted by Gasteiger charge is 2.13. The van der Waals surface area contributed by atoms with Crippen LogP contribution in [0.4, 0.5) is 11.4 Å². The van der Waals surface area contributed by atoms with Crippen LogP contribution in [0.1, 0.15) is 5.56 Å². The average Bonchev–Trinajstić information content (AvgIpc) is 2.46. The molecule has 5 nitrogen and oxygen atoms in total. The molecule has 0 saturated heterocycles. The van der Waals surface area contributed by atoms with Crippen molar-refractivity contribution in [2.45, 2.75) is 6.54 Å². The first-order valence-electron chi connectivity index (χ1n) is 6.01. The molecule has 0 aromatic heterocycles. The lowest BCUT2D eigenvalue weighted by Gasteiger charge is -2.09. The standard InChI is InChI=1S/C14H12Br2N2O3/c1-21-14-5-2-9(6-11(14)16)8-17-12-4-3-10(15)7-13(12)18(19)20/h2-7,17H,8H2,1H3. The smallest absolute Gasteiger partial charge is 0.293 e. The summed E-state index contributed by atoms with van der Waals surface area (Å²) in [6.07, 6.45) is 0. The van der Waals surface area contributed by atoms with E-state index in [0.717, 1.165) is 15.8 Å². The lowest BCUT2D eigenvalue weighted by atomic mass is 10.2. The molecule has 2 aromatic carbocycles. The van der Waals surface area contributed by atoms with E-state index in [2.05, 4.69) is 37.2 Å². The summed E-state index contributed by atoms with van der Waals surface area (Å²) in [5.74, 6) is 0.744. The molecule has 1 N–H and O–H groups in total. The van der Waals surface area contributed by atoms with Gasteiger partial charge in [-0.2, -0.15) is 0 Å². The lowest BCUT2D eigenvalue weighted by molar-refractivity contribution is -0.384. The first kappa shape index (κ1) is 15.8. The number of benzene rings is 2. The number of halogens is 2. The lowest BCUT2D eigenvalue weighted by Crippen LogP contribution is -2.03. The van der Waals surface area contributed by atoms with Crippen molar-refractivity contribution in [3.63, 3.8) is 0 Å². The normalized spacial score (nSPS) is 10.2. The Morgan fingerprint density at radius 3 is 2.62 bits per heavy atom. The molecule has 0 unspecified atom stereocenters. The molecule has 110 valence electrons. The fraction of sp³-hybridized carbons (Fsp3) is 0.143. The van der Waals surface area contributed by atoms with Gasteiger partial charge in [-0.1, -0.05) is 22.0 Å². The first-order valence-corrected chi connectivity index (χ1v) is 7.60. The molecule has 0 radical (unpaired) electrons. The third-order valence-corrected chi connectivity index (χ3v) is 3.97. The van der Waals surface area contributed by atoms with Crippen LogP contribution in [0.3, 0.4) is 0 Å². The quantitative estimate of drug-likeness (QED) is 0.565. The first-order chi connectivity index (χ1) is 10.0. The molecule has 21 heavy (non-hydrogen) atoms. The van der Waals surface area contributed by atoms with Gasteiger partial charge in [-0.05, 0) is 45.8 Å².